The lowest BCUT2D eigenvalue weighted by molar-refractivity contribution is 0.0693. The van der Waals surface area contributed by atoms with Crippen LogP contribution in [0.15, 0.2) is 47.4 Å². The van der Waals surface area contributed by atoms with Crippen LogP contribution in [0, 0.1) is 10.7 Å². The Morgan fingerprint density at radius 1 is 1.08 bits per heavy atom. The summed E-state index contributed by atoms with van der Waals surface area (Å²) in [5.74, 6) is -1.16. The second kappa shape index (κ2) is 6.18. The molecule has 0 saturated carbocycles. The Morgan fingerprint density at radius 3 is 2.42 bits per heavy atom. The van der Waals surface area contributed by atoms with Gasteiger partial charge in [-0.1, -0.05) is 0 Å². The van der Waals surface area contributed by atoms with Crippen molar-refractivity contribution >= 4 is 35.2 Å². The van der Waals surface area contributed by atoms with Gasteiger partial charge in [0, 0.05) is 23.2 Å². The van der Waals surface area contributed by atoms with Crippen molar-refractivity contribution in [3.63, 3.8) is 0 Å². The van der Waals surface area contributed by atoms with Crippen LogP contribution >= 0.6 is 11.8 Å². The molecule has 0 fully saturated rings. The highest BCUT2D eigenvalue weighted by atomic mass is 32.2. The fourth-order valence-electron chi connectivity index (χ4n) is 2.36. The molecule has 0 aromatic heterocycles. The zero-order valence-electron chi connectivity index (χ0n) is 12.6. The molecule has 0 aliphatic carbocycles. The fourth-order valence-corrected chi connectivity index (χ4v) is 2.74. The number of hydrogen-bond donors (Lipinski definition) is 1. The van der Waals surface area contributed by atoms with Gasteiger partial charge in [-0.3, -0.25) is 19.3 Å². The number of thiocyanates is 1. The van der Waals surface area contributed by atoms with Gasteiger partial charge < -0.3 is 5.32 Å². The van der Waals surface area contributed by atoms with Crippen LogP contribution in [0.5, 0.6) is 0 Å². The Kier molecular flexibility index (Phi) is 4.06. The van der Waals surface area contributed by atoms with Crippen molar-refractivity contribution < 1.29 is 14.4 Å². The number of amides is 3. The molecule has 0 bridgehead atoms. The van der Waals surface area contributed by atoms with E-state index in [1.807, 2.05) is 5.40 Å². The van der Waals surface area contributed by atoms with E-state index in [4.69, 9.17) is 5.26 Å². The molecule has 7 heteroatoms. The first-order valence-electron chi connectivity index (χ1n) is 6.95. The average molecular weight is 337 g/mol. The van der Waals surface area contributed by atoms with Crippen LogP contribution in [0.25, 0.3) is 0 Å². The first-order valence-corrected chi connectivity index (χ1v) is 7.76. The van der Waals surface area contributed by atoms with E-state index in [1.165, 1.54) is 25.2 Å². The molecular formula is C17H11N3O3S. The van der Waals surface area contributed by atoms with Crippen molar-refractivity contribution in [1.82, 2.24) is 4.90 Å². The van der Waals surface area contributed by atoms with Gasteiger partial charge in [-0.05, 0) is 54.2 Å². The minimum Gasteiger partial charge on any atom is -0.322 e. The first kappa shape index (κ1) is 15.8. The molecule has 0 radical (unpaired) electrons. The van der Waals surface area contributed by atoms with Gasteiger partial charge in [-0.25, -0.2) is 0 Å². The van der Waals surface area contributed by atoms with Crippen molar-refractivity contribution in [2.45, 2.75) is 4.90 Å². The van der Waals surface area contributed by atoms with Crippen molar-refractivity contribution in [2.24, 2.45) is 0 Å². The van der Waals surface area contributed by atoms with Gasteiger partial charge in [-0.15, -0.1) is 0 Å². The number of fused-ring (bicyclic) bond motifs is 1. The van der Waals surface area contributed by atoms with E-state index in [-0.39, 0.29) is 17.4 Å². The average Bonchev–Trinajstić information content (AvgIpc) is 2.81. The molecule has 0 atom stereocenters. The summed E-state index contributed by atoms with van der Waals surface area (Å²) in [6, 6.07) is 11.3. The third kappa shape index (κ3) is 2.75. The molecule has 1 heterocycles. The highest BCUT2D eigenvalue weighted by molar-refractivity contribution is 8.03. The van der Waals surface area contributed by atoms with E-state index in [0.29, 0.717) is 16.8 Å². The van der Waals surface area contributed by atoms with Gasteiger partial charge in [0.15, 0.2) is 0 Å². The van der Waals surface area contributed by atoms with Crippen LogP contribution in [0.2, 0.25) is 0 Å². The van der Waals surface area contributed by atoms with Crippen molar-refractivity contribution in [1.29, 1.82) is 5.26 Å². The van der Waals surface area contributed by atoms with Crippen LogP contribution in [-0.2, 0) is 0 Å². The second-order valence-corrected chi connectivity index (χ2v) is 5.96. The Labute approximate surface area is 142 Å². The summed E-state index contributed by atoms with van der Waals surface area (Å²) in [6.45, 7) is 0. The lowest BCUT2D eigenvalue weighted by atomic mass is 10.1. The van der Waals surface area contributed by atoms with Gasteiger partial charge in [0.1, 0.15) is 5.40 Å². The molecule has 1 aliphatic rings. The maximum Gasteiger partial charge on any atom is 0.261 e. The van der Waals surface area contributed by atoms with Crippen LogP contribution in [-0.4, -0.2) is 29.7 Å². The van der Waals surface area contributed by atoms with E-state index >= 15 is 0 Å². The van der Waals surface area contributed by atoms with Crippen LogP contribution in [0.4, 0.5) is 5.69 Å². The summed E-state index contributed by atoms with van der Waals surface area (Å²) in [4.78, 5) is 37.9. The molecule has 2 aromatic rings. The zero-order chi connectivity index (χ0) is 17.3. The number of carbonyl (C=O) groups is 3. The summed E-state index contributed by atoms with van der Waals surface area (Å²) >= 11 is 1.03. The SMILES string of the molecule is CN1C(=O)c2ccc(C(=O)Nc3ccc(SC#N)cc3)cc2C1=O. The number of anilines is 1. The lowest BCUT2D eigenvalue weighted by Crippen LogP contribution is -2.24. The van der Waals surface area contributed by atoms with Crippen molar-refractivity contribution in [3.8, 4) is 5.40 Å². The fraction of sp³-hybridized carbons (Fsp3) is 0.0588. The normalized spacial score (nSPS) is 12.8. The minimum absolute atomic E-state index is 0.232. The Morgan fingerprint density at radius 2 is 1.75 bits per heavy atom. The molecular weight excluding hydrogens is 326 g/mol. The van der Waals surface area contributed by atoms with Gasteiger partial charge in [0.25, 0.3) is 17.7 Å². The molecule has 3 amide bonds. The summed E-state index contributed by atoms with van der Waals surface area (Å²) in [6.07, 6.45) is 0. The molecule has 0 unspecified atom stereocenters. The van der Waals surface area contributed by atoms with E-state index in [2.05, 4.69) is 5.32 Å². The number of nitriles is 1. The standard InChI is InChI=1S/C17H11N3O3S/c1-20-16(22)13-7-2-10(8-14(13)17(20)23)15(21)19-11-3-5-12(6-4-11)24-9-18/h2-8H,1H3,(H,19,21). The number of thioether (sulfide) groups is 1. The first-order chi connectivity index (χ1) is 11.5. The molecule has 118 valence electrons. The number of nitrogens with one attached hydrogen (secondary N) is 1. The Bertz CT molecular complexity index is 900. The predicted molar refractivity (Wildman–Crippen MR) is 88.7 cm³/mol. The number of rotatable bonds is 3. The summed E-state index contributed by atoms with van der Waals surface area (Å²) < 4.78 is 0. The van der Waals surface area contributed by atoms with Crippen molar-refractivity contribution in [2.75, 3.05) is 12.4 Å². The van der Waals surface area contributed by atoms with Crippen LogP contribution in [0.1, 0.15) is 31.1 Å². The molecule has 6 nitrogen and oxygen atoms in total. The third-order valence-electron chi connectivity index (χ3n) is 3.63. The number of carbonyl (C=O) groups excluding carboxylic acids is 3. The molecule has 0 spiro atoms. The van der Waals surface area contributed by atoms with Crippen molar-refractivity contribution in [3.05, 3.63) is 59.2 Å². The maximum atomic E-state index is 12.3. The summed E-state index contributed by atoms with van der Waals surface area (Å²) in [7, 11) is 1.41. The molecule has 1 N–H and O–H groups in total. The molecule has 0 saturated heterocycles. The quantitative estimate of drug-likeness (QED) is 0.528. The minimum atomic E-state index is -0.414. The zero-order valence-corrected chi connectivity index (χ0v) is 13.4. The van der Waals surface area contributed by atoms with E-state index in [9.17, 15) is 14.4 Å². The highest BCUT2D eigenvalue weighted by Gasteiger charge is 2.33. The largest absolute Gasteiger partial charge is 0.322 e. The maximum absolute atomic E-state index is 12.3. The summed E-state index contributed by atoms with van der Waals surface area (Å²) in [5.41, 5.74) is 1.40. The van der Waals surface area contributed by atoms with E-state index in [0.717, 1.165) is 21.6 Å². The second-order valence-electron chi connectivity index (χ2n) is 5.10. The van der Waals surface area contributed by atoms with Crippen LogP contribution in [0.3, 0.4) is 0 Å². The molecule has 1 aliphatic heterocycles. The highest BCUT2D eigenvalue weighted by Crippen LogP contribution is 2.24. The topological polar surface area (TPSA) is 90.3 Å². The van der Waals surface area contributed by atoms with Gasteiger partial charge in [0.05, 0.1) is 11.1 Å². The van der Waals surface area contributed by atoms with E-state index < -0.39 is 5.91 Å². The van der Waals surface area contributed by atoms with Gasteiger partial charge >= 0.3 is 0 Å². The molecule has 24 heavy (non-hydrogen) atoms. The molecule has 3 rings (SSSR count). The molecule has 2 aromatic carbocycles. The third-order valence-corrected chi connectivity index (χ3v) is 4.23. The lowest BCUT2D eigenvalue weighted by Gasteiger charge is -2.06. The summed E-state index contributed by atoms with van der Waals surface area (Å²) in [5, 5.41) is 13.3. The number of nitrogens with zero attached hydrogens (tertiary/aromatic N) is 2. The van der Waals surface area contributed by atoms with Crippen LogP contribution < -0.4 is 5.32 Å². The van der Waals surface area contributed by atoms with Gasteiger partial charge in [-0.2, -0.15) is 5.26 Å². The van der Waals surface area contributed by atoms with Gasteiger partial charge in [0.2, 0.25) is 0 Å². The number of benzene rings is 2. The Balaban J connectivity index is 1.80. The monoisotopic (exact) mass is 337 g/mol. The number of imide groups is 1. The van der Waals surface area contributed by atoms with E-state index in [1.54, 1.807) is 24.3 Å². The predicted octanol–water partition coefficient (Wildman–Crippen LogP) is 2.74. The smallest absolute Gasteiger partial charge is 0.261 e. The number of hydrogen-bond acceptors (Lipinski definition) is 5. The Hall–Kier alpha value is -3.11.